The van der Waals surface area contributed by atoms with Gasteiger partial charge in [0.25, 0.3) is 11.5 Å². The number of carbonyl (C=O) groups excluding carboxylic acids is 1. The van der Waals surface area contributed by atoms with E-state index in [1.165, 1.54) is 0 Å². The number of piperidine rings is 1. The Balaban J connectivity index is 1.23. The predicted octanol–water partition coefficient (Wildman–Crippen LogP) is 1.95. The molecule has 3 heterocycles. The van der Waals surface area contributed by atoms with Gasteiger partial charge in [0.05, 0.1) is 5.69 Å². The second-order valence-electron chi connectivity index (χ2n) is 8.11. The third kappa shape index (κ3) is 3.54. The van der Waals surface area contributed by atoms with Crippen LogP contribution in [0.25, 0.3) is 11.0 Å². The number of rotatable bonds is 3. The number of nitrogens with zero attached hydrogens (tertiary/aromatic N) is 5. The highest BCUT2D eigenvalue weighted by Gasteiger charge is 2.25. The van der Waals surface area contributed by atoms with E-state index in [1.807, 2.05) is 11.0 Å². The van der Waals surface area contributed by atoms with Crippen LogP contribution >= 0.6 is 0 Å². The maximum Gasteiger partial charge on any atom is 0.267 e. The van der Waals surface area contributed by atoms with Gasteiger partial charge in [-0.2, -0.15) is 20.5 Å². The highest BCUT2D eigenvalue weighted by Crippen LogP contribution is 2.22. The normalized spacial score (nSPS) is 17.4. The fourth-order valence-corrected chi connectivity index (χ4v) is 4.45. The Morgan fingerprint density at radius 3 is 2.72 bits per heavy atom. The Kier molecular flexibility index (Phi) is 4.61. The van der Waals surface area contributed by atoms with E-state index in [9.17, 15) is 9.59 Å². The molecule has 0 radical (unpaired) electrons. The van der Waals surface area contributed by atoms with E-state index in [0.717, 1.165) is 55.3 Å². The van der Waals surface area contributed by atoms with Gasteiger partial charge in [-0.05, 0) is 68.2 Å². The van der Waals surface area contributed by atoms with Crippen molar-refractivity contribution in [2.45, 2.75) is 45.1 Å². The van der Waals surface area contributed by atoms with Gasteiger partial charge >= 0.3 is 0 Å². The van der Waals surface area contributed by atoms with Crippen LogP contribution in [0.3, 0.4) is 0 Å². The number of fused-ring (bicyclic) bond motifs is 2. The number of likely N-dealkylation sites (tertiary alicyclic amines) is 1. The maximum absolute atomic E-state index is 12.8. The molecule has 2 aromatic heterocycles. The minimum Gasteiger partial charge on any atom is -0.339 e. The molecular weight excluding hydrogens is 368 g/mol. The molecule has 0 spiro atoms. The van der Waals surface area contributed by atoms with Gasteiger partial charge in [0.15, 0.2) is 0 Å². The number of hydrogen-bond donors (Lipinski definition) is 1. The number of hydrogen-bond acceptors (Lipinski definition) is 5. The molecule has 1 N–H and O–H groups in total. The Hall–Kier alpha value is -3.03. The maximum atomic E-state index is 12.8. The fourth-order valence-electron chi connectivity index (χ4n) is 4.45. The van der Waals surface area contributed by atoms with Crippen LogP contribution in [-0.2, 0) is 19.4 Å². The monoisotopic (exact) mass is 392 g/mol. The van der Waals surface area contributed by atoms with Crippen molar-refractivity contribution in [3.8, 4) is 0 Å². The highest BCUT2D eigenvalue weighted by atomic mass is 16.2. The van der Waals surface area contributed by atoms with E-state index in [2.05, 4.69) is 20.5 Å². The SMILES string of the molecule is O=C(c1ccc2n[nH]nc2c1)N1CCC(Cn2nc3c(cc2=O)CCCC3)CC1. The Labute approximate surface area is 167 Å². The summed E-state index contributed by atoms with van der Waals surface area (Å²) in [5.41, 5.74) is 4.31. The quantitative estimate of drug-likeness (QED) is 0.735. The summed E-state index contributed by atoms with van der Waals surface area (Å²) in [5, 5.41) is 15.3. The molecule has 0 unspecified atom stereocenters. The van der Waals surface area contributed by atoms with E-state index < -0.39 is 0 Å². The molecule has 0 atom stereocenters. The van der Waals surface area contributed by atoms with Crippen molar-refractivity contribution in [1.29, 1.82) is 0 Å². The van der Waals surface area contributed by atoms with Crippen molar-refractivity contribution in [3.63, 3.8) is 0 Å². The fraction of sp³-hybridized carbons (Fsp3) is 0.476. The van der Waals surface area contributed by atoms with Crippen molar-refractivity contribution in [2.24, 2.45) is 5.92 Å². The zero-order chi connectivity index (χ0) is 19.8. The first kappa shape index (κ1) is 18.0. The van der Waals surface area contributed by atoms with Gasteiger partial charge in [-0.1, -0.05) is 0 Å². The Morgan fingerprint density at radius 1 is 1.07 bits per heavy atom. The molecule has 0 bridgehead atoms. The van der Waals surface area contributed by atoms with Gasteiger partial charge in [-0.3, -0.25) is 9.59 Å². The summed E-state index contributed by atoms with van der Waals surface area (Å²) in [4.78, 5) is 27.2. The minimum atomic E-state index is 0.00469. The van der Waals surface area contributed by atoms with Crippen molar-refractivity contribution in [3.05, 3.63) is 51.4 Å². The zero-order valence-electron chi connectivity index (χ0n) is 16.3. The Bertz CT molecular complexity index is 1110. The molecule has 1 aliphatic carbocycles. The van der Waals surface area contributed by atoms with Gasteiger partial charge in [0.2, 0.25) is 0 Å². The number of amides is 1. The van der Waals surface area contributed by atoms with Crippen LogP contribution in [0.15, 0.2) is 29.1 Å². The van der Waals surface area contributed by atoms with Crippen LogP contribution in [0.4, 0.5) is 0 Å². The molecular formula is C21H24N6O2. The highest BCUT2D eigenvalue weighted by molar-refractivity contribution is 5.97. The number of nitrogens with one attached hydrogen (secondary N) is 1. The molecule has 1 fully saturated rings. The molecule has 1 amide bonds. The summed E-state index contributed by atoms with van der Waals surface area (Å²) < 4.78 is 1.64. The molecule has 150 valence electrons. The van der Waals surface area contributed by atoms with E-state index >= 15 is 0 Å². The summed E-state index contributed by atoms with van der Waals surface area (Å²) in [6.45, 7) is 2.03. The van der Waals surface area contributed by atoms with Gasteiger partial charge in [0.1, 0.15) is 11.0 Å². The summed E-state index contributed by atoms with van der Waals surface area (Å²) in [5.74, 6) is 0.390. The molecule has 1 aliphatic heterocycles. The Morgan fingerprint density at radius 2 is 1.86 bits per heavy atom. The van der Waals surface area contributed by atoms with Crippen LogP contribution in [0.5, 0.6) is 0 Å². The average Bonchev–Trinajstić information content (AvgIpc) is 3.22. The standard InChI is InChI=1S/C21H24N6O2/c28-20-12-15-3-1-2-4-17(15)24-27(20)13-14-7-9-26(10-8-14)21(29)16-5-6-18-19(11-16)23-25-22-18/h5-6,11-12,14H,1-4,7-10,13H2,(H,22,23,25). The molecule has 2 aliphatic rings. The summed E-state index contributed by atoms with van der Waals surface area (Å²) in [6, 6.07) is 7.17. The van der Waals surface area contributed by atoms with E-state index in [1.54, 1.807) is 22.9 Å². The van der Waals surface area contributed by atoms with Crippen molar-refractivity contribution in [2.75, 3.05) is 13.1 Å². The second kappa shape index (κ2) is 7.42. The molecule has 0 saturated carbocycles. The topological polar surface area (TPSA) is 96.8 Å². The number of aryl methyl sites for hydroxylation is 2. The van der Waals surface area contributed by atoms with Crippen molar-refractivity contribution >= 4 is 16.9 Å². The zero-order valence-corrected chi connectivity index (χ0v) is 16.3. The molecule has 1 saturated heterocycles. The lowest BCUT2D eigenvalue weighted by Crippen LogP contribution is -2.40. The van der Waals surface area contributed by atoms with Gasteiger partial charge in [-0.25, -0.2) is 4.68 Å². The molecule has 3 aromatic rings. The number of aromatic nitrogens is 5. The molecule has 29 heavy (non-hydrogen) atoms. The number of benzene rings is 1. The lowest BCUT2D eigenvalue weighted by Gasteiger charge is -2.32. The van der Waals surface area contributed by atoms with Crippen LogP contribution in [-0.4, -0.2) is 49.1 Å². The largest absolute Gasteiger partial charge is 0.339 e. The van der Waals surface area contributed by atoms with E-state index in [0.29, 0.717) is 36.6 Å². The lowest BCUT2D eigenvalue weighted by atomic mass is 9.95. The first-order chi connectivity index (χ1) is 14.2. The smallest absolute Gasteiger partial charge is 0.267 e. The summed E-state index contributed by atoms with van der Waals surface area (Å²) in [6.07, 6.45) is 6.00. The van der Waals surface area contributed by atoms with E-state index in [-0.39, 0.29) is 11.5 Å². The van der Waals surface area contributed by atoms with E-state index in [4.69, 9.17) is 0 Å². The third-order valence-corrected chi connectivity index (χ3v) is 6.17. The molecule has 5 rings (SSSR count). The molecule has 8 nitrogen and oxygen atoms in total. The van der Waals surface area contributed by atoms with Crippen LogP contribution < -0.4 is 5.56 Å². The summed E-state index contributed by atoms with van der Waals surface area (Å²) >= 11 is 0. The van der Waals surface area contributed by atoms with Crippen LogP contribution in [0, 0.1) is 5.92 Å². The number of aromatic amines is 1. The first-order valence-corrected chi connectivity index (χ1v) is 10.4. The summed E-state index contributed by atoms with van der Waals surface area (Å²) in [7, 11) is 0. The van der Waals surface area contributed by atoms with Gasteiger partial charge < -0.3 is 4.90 Å². The molecule has 8 heteroatoms. The predicted molar refractivity (Wildman–Crippen MR) is 108 cm³/mol. The first-order valence-electron chi connectivity index (χ1n) is 10.4. The lowest BCUT2D eigenvalue weighted by molar-refractivity contribution is 0.0680. The van der Waals surface area contributed by atoms with Crippen molar-refractivity contribution in [1.82, 2.24) is 30.1 Å². The van der Waals surface area contributed by atoms with Gasteiger partial charge in [-0.15, -0.1) is 0 Å². The van der Waals surface area contributed by atoms with Crippen LogP contribution in [0.1, 0.15) is 47.3 Å². The second-order valence-corrected chi connectivity index (χ2v) is 8.11. The number of H-pyrrole nitrogens is 1. The third-order valence-electron chi connectivity index (χ3n) is 6.17. The minimum absolute atomic E-state index is 0.00469. The van der Waals surface area contributed by atoms with Crippen LogP contribution in [0.2, 0.25) is 0 Å². The van der Waals surface area contributed by atoms with Gasteiger partial charge in [0, 0.05) is 31.3 Å². The molecule has 1 aromatic carbocycles. The number of carbonyl (C=O) groups is 1. The van der Waals surface area contributed by atoms with Crippen molar-refractivity contribution < 1.29 is 4.79 Å². The average molecular weight is 392 g/mol.